The van der Waals surface area contributed by atoms with Gasteiger partial charge in [0.1, 0.15) is 8.96 Å². The summed E-state index contributed by atoms with van der Waals surface area (Å²) in [6.45, 7) is 2.68. The van der Waals surface area contributed by atoms with Crippen LogP contribution in [0.15, 0.2) is 4.88 Å². The molecule has 0 radical (unpaired) electrons. The number of azide groups is 1. The van der Waals surface area contributed by atoms with Crippen LogP contribution in [-0.2, 0) is 4.52 Å². The molecule has 46 valence electrons. The molecule has 0 N–H and O–H groups in total. The molecule has 5 heteroatoms. The van der Waals surface area contributed by atoms with Gasteiger partial charge in [0, 0.05) is 4.91 Å². The van der Waals surface area contributed by atoms with E-state index in [2.05, 4.69) is 9.80 Å². The minimum absolute atomic E-state index is 0.0526. The number of rotatable bonds is 4. The molecule has 4 nitrogen and oxygen atoms in total. The minimum atomic E-state index is -0.0526. The zero-order valence-electron chi connectivity index (χ0n) is 4.66. The zero-order valence-corrected chi connectivity index (χ0v) is 5.66. The number of hydrogen-bond acceptors (Lipinski definition) is 2. The average Bonchev–Trinajstić information content (AvgIpc) is 1.81. The molecule has 1 unspecified atom stereocenters. The molecule has 0 spiro atoms. The summed E-state index contributed by atoms with van der Waals surface area (Å²) in [5.74, 6) is 0. The Balaban J connectivity index is 2.82. The first-order valence-corrected chi connectivity index (χ1v) is 3.18. The lowest BCUT2D eigenvalue weighted by atomic mass is 10.5. The first-order valence-electron chi connectivity index (χ1n) is 2.32. The highest BCUT2D eigenvalue weighted by Gasteiger charge is 1.77. The van der Waals surface area contributed by atoms with Crippen molar-refractivity contribution < 1.29 is 4.52 Å². The largest absolute Gasteiger partial charge is 0.356 e. The molecule has 0 aromatic rings. The van der Waals surface area contributed by atoms with Crippen molar-refractivity contribution in [3.63, 3.8) is 0 Å². The Bertz CT molecular complexity index is 90.5. The fourth-order valence-electron chi connectivity index (χ4n) is 0.195. The molecule has 1 atom stereocenters. The van der Waals surface area contributed by atoms with E-state index in [0.29, 0.717) is 6.61 Å². The van der Waals surface area contributed by atoms with Gasteiger partial charge in [0.05, 0.1) is 6.61 Å². The van der Waals surface area contributed by atoms with E-state index in [1.54, 1.807) is 0 Å². The molecule has 0 saturated carbocycles. The quantitative estimate of drug-likeness (QED) is 0.191. The van der Waals surface area contributed by atoms with E-state index in [4.69, 9.17) is 10.1 Å². The van der Waals surface area contributed by atoms with Gasteiger partial charge in [0.25, 0.3) is 0 Å². The molecule has 0 aromatic heterocycles. The van der Waals surface area contributed by atoms with Gasteiger partial charge < -0.3 is 4.52 Å². The van der Waals surface area contributed by atoms with E-state index in [1.165, 1.54) is 0 Å². The second kappa shape index (κ2) is 6.70. The number of nitrogens with zero attached hydrogens (tertiary/aromatic N) is 3. The van der Waals surface area contributed by atoms with Crippen LogP contribution >= 0.6 is 8.96 Å². The van der Waals surface area contributed by atoms with Gasteiger partial charge in [-0.15, -0.1) is 0 Å². The van der Waals surface area contributed by atoms with Crippen molar-refractivity contribution in [2.45, 2.75) is 13.3 Å². The standard InChI is InChI=1S/C3H8N3OP/c1-2-3-7-8-6-5-4/h8H,2-3H2,1H3. The number of hydrogen-bond donors (Lipinski definition) is 0. The third-order valence-electron chi connectivity index (χ3n) is 0.456. The second-order valence-corrected chi connectivity index (χ2v) is 1.80. The van der Waals surface area contributed by atoms with Crippen molar-refractivity contribution in [3.8, 4) is 0 Å². The van der Waals surface area contributed by atoms with Crippen LogP contribution in [0.2, 0.25) is 0 Å². The van der Waals surface area contributed by atoms with Gasteiger partial charge in [-0.3, -0.25) is 0 Å². The second-order valence-electron chi connectivity index (χ2n) is 1.13. The predicted octanol–water partition coefficient (Wildman–Crippen LogP) is 2.23. The molecule has 0 amide bonds. The molecule has 0 aliphatic heterocycles. The zero-order chi connectivity index (χ0) is 6.24. The summed E-state index contributed by atoms with van der Waals surface area (Å²) < 4.78 is 4.83. The summed E-state index contributed by atoms with van der Waals surface area (Å²) in [5.41, 5.74) is 7.75. The van der Waals surface area contributed by atoms with Gasteiger partial charge in [-0.2, -0.15) is 0 Å². The van der Waals surface area contributed by atoms with E-state index >= 15 is 0 Å². The fraction of sp³-hybridized carbons (Fsp3) is 1.00. The smallest absolute Gasteiger partial charge is 0.107 e. The van der Waals surface area contributed by atoms with Crippen molar-refractivity contribution >= 4 is 8.96 Å². The third-order valence-corrected chi connectivity index (χ3v) is 0.961. The first kappa shape index (κ1) is 7.70. The maximum Gasteiger partial charge on any atom is 0.107 e. The van der Waals surface area contributed by atoms with Crippen molar-refractivity contribution in [2.24, 2.45) is 4.88 Å². The Morgan fingerprint density at radius 1 is 1.88 bits per heavy atom. The molecule has 0 heterocycles. The SMILES string of the molecule is CCCOPN=[N+]=[N-]. The summed E-state index contributed by atoms with van der Waals surface area (Å²) >= 11 is 0. The Morgan fingerprint density at radius 3 is 3.12 bits per heavy atom. The highest BCUT2D eigenvalue weighted by molar-refractivity contribution is 7.30. The van der Waals surface area contributed by atoms with Crippen molar-refractivity contribution in [1.29, 1.82) is 0 Å². The van der Waals surface area contributed by atoms with E-state index in [-0.39, 0.29) is 8.96 Å². The maximum atomic E-state index is 7.75. The van der Waals surface area contributed by atoms with Gasteiger partial charge in [-0.05, 0) is 16.8 Å². The summed E-state index contributed by atoms with van der Waals surface area (Å²) in [6.07, 6.45) is 0.966. The molecule has 0 aromatic carbocycles. The summed E-state index contributed by atoms with van der Waals surface area (Å²) in [7, 11) is -0.0526. The Labute approximate surface area is 49.8 Å². The van der Waals surface area contributed by atoms with Crippen LogP contribution < -0.4 is 0 Å². The normalized spacial score (nSPS) is 9.62. The lowest BCUT2D eigenvalue weighted by Crippen LogP contribution is -1.76. The van der Waals surface area contributed by atoms with Crippen molar-refractivity contribution in [2.75, 3.05) is 6.61 Å². The molecule has 0 saturated heterocycles. The van der Waals surface area contributed by atoms with E-state index < -0.39 is 0 Å². The highest BCUT2D eigenvalue weighted by Crippen LogP contribution is 2.12. The van der Waals surface area contributed by atoms with Crippen LogP contribution in [0.3, 0.4) is 0 Å². The maximum absolute atomic E-state index is 7.75. The van der Waals surface area contributed by atoms with Gasteiger partial charge in [-0.25, -0.2) is 0 Å². The van der Waals surface area contributed by atoms with Crippen LogP contribution in [0.1, 0.15) is 13.3 Å². The fourth-order valence-corrected chi connectivity index (χ4v) is 0.584. The summed E-state index contributed by atoms with van der Waals surface area (Å²) in [5, 5.41) is 0. The Hall–Kier alpha value is -0.300. The van der Waals surface area contributed by atoms with Crippen LogP contribution in [0.25, 0.3) is 10.4 Å². The lowest BCUT2D eigenvalue weighted by Gasteiger charge is -1.91. The van der Waals surface area contributed by atoms with Gasteiger partial charge >= 0.3 is 0 Å². The Kier molecular flexibility index (Phi) is 6.45. The summed E-state index contributed by atoms with van der Waals surface area (Å²) in [6, 6.07) is 0. The third kappa shape index (κ3) is 5.70. The molecule has 0 aliphatic carbocycles. The molecule has 0 aliphatic rings. The topological polar surface area (TPSA) is 58.0 Å². The van der Waals surface area contributed by atoms with Crippen LogP contribution in [0.4, 0.5) is 0 Å². The van der Waals surface area contributed by atoms with Crippen molar-refractivity contribution in [3.05, 3.63) is 10.4 Å². The van der Waals surface area contributed by atoms with E-state index in [1.807, 2.05) is 6.92 Å². The molecular formula is C3H8N3OP. The molecule has 0 bridgehead atoms. The minimum Gasteiger partial charge on any atom is -0.356 e. The first-order chi connectivity index (χ1) is 3.91. The lowest BCUT2D eigenvalue weighted by molar-refractivity contribution is 0.362. The van der Waals surface area contributed by atoms with Crippen LogP contribution in [-0.4, -0.2) is 6.61 Å². The molecule has 0 fully saturated rings. The van der Waals surface area contributed by atoms with Crippen LogP contribution in [0, 0.1) is 0 Å². The van der Waals surface area contributed by atoms with Gasteiger partial charge in [0.2, 0.25) is 0 Å². The molecule has 8 heavy (non-hydrogen) atoms. The molecular weight excluding hydrogens is 125 g/mol. The van der Waals surface area contributed by atoms with Crippen LogP contribution in [0.5, 0.6) is 0 Å². The van der Waals surface area contributed by atoms with E-state index in [0.717, 1.165) is 6.42 Å². The van der Waals surface area contributed by atoms with E-state index in [9.17, 15) is 0 Å². The predicted molar refractivity (Wildman–Crippen MR) is 33.7 cm³/mol. The highest BCUT2D eigenvalue weighted by atomic mass is 31.1. The van der Waals surface area contributed by atoms with Gasteiger partial charge in [0.15, 0.2) is 0 Å². The van der Waals surface area contributed by atoms with Crippen molar-refractivity contribution in [1.82, 2.24) is 0 Å². The Morgan fingerprint density at radius 2 is 2.62 bits per heavy atom. The monoisotopic (exact) mass is 133 g/mol. The van der Waals surface area contributed by atoms with Gasteiger partial charge in [-0.1, -0.05) is 6.92 Å². The summed E-state index contributed by atoms with van der Waals surface area (Å²) in [4.78, 5) is 5.72. The molecule has 0 rings (SSSR count). The average molecular weight is 133 g/mol.